The van der Waals surface area contributed by atoms with Gasteiger partial charge in [-0.3, -0.25) is 0 Å². The summed E-state index contributed by atoms with van der Waals surface area (Å²) in [6.45, 7) is 3.97. The molecule has 1 heterocycles. The molecule has 1 saturated carbocycles. The van der Waals surface area contributed by atoms with Crippen molar-refractivity contribution < 1.29 is 0 Å². The third-order valence-electron chi connectivity index (χ3n) is 3.17. The molecule has 0 bridgehead atoms. The number of nitrogens with one attached hydrogen (secondary N) is 1. The molecule has 0 radical (unpaired) electrons. The highest BCUT2D eigenvalue weighted by molar-refractivity contribution is 9.10. The fraction of sp³-hybridized carbons (Fsp3) is 0.462. The van der Waals surface area contributed by atoms with Crippen molar-refractivity contribution in [1.82, 2.24) is 14.9 Å². The zero-order chi connectivity index (χ0) is 11.8. The van der Waals surface area contributed by atoms with Crippen LogP contribution in [0.2, 0.25) is 0 Å². The first-order valence-electron chi connectivity index (χ1n) is 6.16. The molecule has 0 saturated heterocycles. The Labute approximate surface area is 109 Å². The summed E-state index contributed by atoms with van der Waals surface area (Å²) in [6.07, 6.45) is 2.58. The largest absolute Gasteiger partial charge is 0.324 e. The highest BCUT2D eigenvalue weighted by Gasteiger charge is 2.27. The molecule has 0 aliphatic heterocycles. The summed E-state index contributed by atoms with van der Waals surface area (Å²) < 4.78 is 3.50. The summed E-state index contributed by atoms with van der Waals surface area (Å²) in [5, 5.41) is 3.37. The van der Waals surface area contributed by atoms with E-state index in [-0.39, 0.29) is 0 Å². The molecule has 1 aliphatic rings. The molecule has 0 spiro atoms. The van der Waals surface area contributed by atoms with Crippen molar-refractivity contribution in [2.75, 3.05) is 6.54 Å². The van der Waals surface area contributed by atoms with E-state index >= 15 is 0 Å². The quantitative estimate of drug-likeness (QED) is 0.938. The number of imidazole rings is 1. The molecule has 90 valence electrons. The first-order chi connectivity index (χ1) is 8.29. The number of halogens is 1. The van der Waals surface area contributed by atoms with E-state index in [9.17, 15) is 0 Å². The highest BCUT2D eigenvalue weighted by Crippen LogP contribution is 2.39. The van der Waals surface area contributed by atoms with Gasteiger partial charge >= 0.3 is 0 Å². The van der Waals surface area contributed by atoms with Gasteiger partial charge in [0.25, 0.3) is 0 Å². The molecule has 4 heteroatoms. The average Bonchev–Trinajstić information content (AvgIpc) is 3.08. The maximum atomic E-state index is 4.74. The number of benzene rings is 1. The second-order valence-corrected chi connectivity index (χ2v) is 5.46. The summed E-state index contributed by atoms with van der Waals surface area (Å²) in [7, 11) is 0. The Balaban J connectivity index is 2.09. The van der Waals surface area contributed by atoms with Crippen molar-refractivity contribution in [2.24, 2.45) is 0 Å². The van der Waals surface area contributed by atoms with Crippen LogP contribution in [-0.4, -0.2) is 16.1 Å². The van der Waals surface area contributed by atoms with Gasteiger partial charge in [0.1, 0.15) is 5.82 Å². The summed E-state index contributed by atoms with van der Waals surface area (Å²) >= 11 is 3.51. The van der Waals surface area contributed by atoms with Crippen LogP contribution in [-0.2, 0) is 6.54 Å². The first kappa shape index (κ1) is 11.2. The minimum absolute atomic E-state index is 0.676. The lowest BCUT2D eigenvalue weighted by molar-refractivity contribution is 0.630. The molecule has 2 aromatic rings. The number of fused-ring (bicyclic) bond motifs is 1. The van der Waals surface area contributed by atoms with E-state index in [4.69, 9.17) is 4.98 Å². The smallest absolute Gasteiger partial charge is 0.124 e. The molecule has 0 atom stereocenters. The number of hydrogen-bond donors (Lipinski definition) is 1. The minimum Gasteiger partial charge on any atom is -0.324 e. The van der Waals surface area contributed by atoms with Crippen molar-refractivity contribution in [3.63, 3.8) is 0 Å². The zero-order valence-corrected chi connectivity index (χ0v) is 11.5. The lowest BCUT2D eigenvalue weighted by Crippen LogP contribution is -2.16. The molecule has 1 aliphatic carbocycles. The molecule has 1 fully saturated rings. The topological polar surface area (TPSA) is 29.9 Å². The maximum Gasteiger partial charge on any atom is 0.124 e. The molecule has 1 aromatic carbocycles. The normalized spacial score (nSPS) is 15.6. The van der Waals surface area contributed by atoms with Crippen LogP contribution in [0, 0.1) is 0 Å². The molecule has 1 aromatic heterocycles. The Morgan fingerprint density at radius 1 is 1.47 bits per heavy atom. The van der Waals surface area contributed by atoms with Crippen LogP contribution < -0.4 is 5.32 Å². The monoisotopic (exact) mass is 293 g/mol. The molecule has 3 rings (SSSR count). The van der Waals surface area contributed by atoms with Gasteiger partial charge in [-0.2, -0.15) is 0 Å². The van der Waals surface area contributed by atoms with Crippen LogP contribution in [0.3, 0.4) is 0 Å². The Morgan fingerprint density at radius 2 is 2.29 bits per heavy atom. The average molecular weight is 294 g/mol. The molecular weight excluding hydrogens is 278 g/mol. The standard InChI is InChI=1S/C13H16BrN3/c1-2-15-8-13-16-11-7-9(14)3-6-12(11)17(13)10-4-5-10/h3,6-7,10,15H,2,4-5,8H2,1H3. The maximum absolute atomic E-state index is 4.74. The summed E-state index contributed by atoms with van der Waals surface area (Å²) in [5.41, 5.74) is 2.36. The molecule has 0 unspecified atom stereocenters. The predicted octanol–water partition coefficient (Wildman–Crippen LogP) is 3.24. The van der Waals surface area contributed by atoms with Gasteiger partial charge in [0.15, 0.2) is 0 Å². The van der Waals surface area contributed by atoms with E-state index in [1.807, 2.05) is 0 Å². The Bertz CT molecular complexity index is 543. The van der Waals surface area contributed by atoms with Gasteiger partial charge in [0, 0.05) is 10.5 Å². The van der Waals surface area contributed by atoms with Crippen LogP contribution in [0.25, 0.3) is 11.0 Å². The van der Waals surface area contributed by atoms with Gasteiger partial charge in [-0.25, -0.2) is 4.98 Å². The Hall–Kier alpha value is -0.870. The Kier molecular flexibility index (Phi) is 2.92. The fourth-order valence-corrected chi connectivity index (χ4v) is 2.57. The second kappa shape index (κ2) is 4.42. The van der Waals surface area contributed by atoms with Gasteiger partial charge in [-0.1, -0.05) is 22.9 Å². The molecule has 0 amide bonds. The van der Waals surface area contributed by atoms with Crippen LogP contribution in [0.4, 0.5) is 0 Å². The van der Waals surface area contributed by atoms with Gasteiger partial charge in [0.2, 0.25) is 0 Å². The van der Waals surface area contributed by atoms with Crippen molar-refractivity contribution in [1.29, 1.82) is 0 Å². The molecule has 3 nitrogen and oxygen atoms in total. The van der Waals surface area contributed by atoms with E-state index in [0.29, 0.717) is 6.04 Å². The van der Waals surface area contributed by atoms with E-state index in [1.165, 1.54) is 24.2 Å². The van der Waals surface area contributed by atoms with E-state index in [0.717, 1.165) is 23.1 Å². The minimum atomic E-state index is 0.676. The van der Waals surface area contributed by atoms with Crippen molar-refractivity contribution >= 4 is 27.0 Å². The van der Waals surface area contributed by atoms with Gasteiger partial charge in [-0.15, -0.1) is 0 Å². The molecular formula is C13H16BrN3. The third-order valence-corrected chi connectivity index (χ3v) is 3.66. The summed E-state index contributed by atoms with van der Waals surface area (Å²) in [4.78, 5) is 4.74. The van der Waals surface area contributed by atoms with E-state index in [1.54, 1.807) is 0 Å². The molecule has 1 N–H and O–H groups in total. The van der Waals surface area contributed by atoms with Crippen molar-refractivity contribution in [3.05, 3.63) is 28.5 Å². The number of aromatic nitrogens is 2. The van der Waals surface area contributed by atoms with E-state index < -0.39 is 0 Å². The lowest BCUT2D eigenvalue weighted by Gasteiger charge is -2.07. The highest BCUT2D eigenvalue weighted by atomic mass is 79.9. The lowest BCUT2D eigenvalue weighted by atomic mass is 10.3. The summed E-state index contributed by atoms with van der Waals surface area (Å²) in [5.74, 6) is 1.17. The zero-order valence-electron chi connectivity index (χ0n) is 9.91. The number of rotatable bonds is 4. The van der Waals surface area contributed by atoms with Crippen LogP contribution in [0.5, 0.6) is 0 Å². The van der Waals surface area contributed by atoms with Gasteiger partial charge in [0.05, 0.1) is 17.6 Å². The third kappa shape index (κ3) is 2.11. The van der Waals surface area contributed by atoms with Crippen molar-refractivity contribution in [2.45, 2.75) is 32.4 Å². The van der Waals surface area contributed by atoms with Crippen molar-refractivity contribution in [3.8, 4) is 0 Å². The van der Waals surface area contributed by atoms with Gasteiger partial charge < -0.3 is 9.88 Å². The summed E-state index contributed by atoms with van der Waals surface area (Å²) in [6, 6.07) is 7.04. The number of nitrogens with zero attached hydrogens (tertiary/aromatic N) is 2. The van der Waals surface area contributed by atoms with E-state index in [2.05, 4.69) is 50.9 Å². The van der Waals surface area contributed by atoms with Crippen LogP contribution in [0.1, 0.15) is 31.6 Å². The van der Waals surface area contributed by atoms with Gasteiger partial charge in [-0.05, 0) is 37.6 Å². The fourth-order valence-electron chi connectivity index (χ4n) is 2.22. The Morgan fingerprint density at radius 3 is 3.00 bits per heavy atom. The van der Waals surface area contributed by atoms with Crippen LogP contribution >= 0.6 is 15.9 Å². The first-order valence-corrected chi connectivity index (χ1v) is 6.96. The number of hydrogen-bond acceptors (Lipinski definition) is 2. The predicted molar refractivity (Wildman–Crippen MR) is 73.1 cm³/mol. The SMILES string of the molecule is CCNCc1nc2cc(Br)ccc2n1C1CC1. The molecule has 17 heavy (non-hydrogen) atoms. The van der Waals surface area contributed by atoms with Crippen LogP contribution in [0.15, 0.2) is 22.7 Å². The second-order valence-electron chi connectivity index (χ2n) is 4.54.